The molecular weight excluding hydrogens is 260 g/mol. The van der Waals surface area contributed by atoms with Gasteiger partial charge in [0.1, 0.15) is 11.5 Å². The Morgan fingerprint density at radius 3 is 2.63 bits per heavy atom. The maximum absolute atomic E-state index is 13.3. The van der Waals surface area contributed by atoms with E-state index >= 15 is 0 Å². The molecule has 0 aliphatic rings. The van der Waals surface area contributed by atoms with Crippen molar-refractivity contribution < 1.29 is 18.5 Å². The quantitative estimate of drug-likeness (QED) is 0.450. The molecule has 104 valence electrons. The number of carbonyl (C=O) groups excluding carboxylic acids is 1. The van der Waals surface area contributed by atoms with E-state index < -0.39 is 28.2 Å². The van der Waals surface area contributed by atoms with Crippen LogP contribution in [0.15, 0.2) is 12.1 Å². The molecule has 0 heterocycles. The van der Waals surface area contributed by atoms with Crippen molar-refractivity contribution in [3.63, 3.8) is 0 Å². The number of hydrogen-bond donors (Lipinski definition) is 2. The van der Waals surface area contributed by atoms with Crippen molar-refractivity contribution in [1.82, 2.24) is 0 Å². The van der Waals surface area contributed by atoms with E-state index in [2.05, 4.69) is 5.32 Å². The number of unbranched alkanes of at least 4 members (excludes halogenated alkanes) is 1. The molecular formula is C11H13F2N3O3. The van der Waals surface area contributed by atoms with Crippen LogP contribution in [0.2, 0.25) is 0 Å². The number of primary amides is 1. The minimum absolute atomic E-state index is 0.196. The first kappa shape index (κ1) is 14.8. The standard InChI is InChI=1S/C11H13F2N3O3/c12-7-5-8(13)11(16(18)19)9(6-7)15-4-2-1-3-10(14)17/h5-6,15H,1-4H2,(H2,14,17). The zero-order valence-corrected chi connectivity index (χ0v) is 9.99. The van der Waals surface area contributed by atoms with Crippen LogP contribution in [0, 0.1) is 21.7 Å². The molecule has 1 aromatic rings. The number of anilines is 1. The number of nitrogens with two attached hydrogens (primary N) is 1. The van der Waals surface area contributed by atoms with Crippen LogP contribution in [0.4, 0.5) is 20.2 Å². The molecule has 0 saturated carbocycles. The largest absolute Gasteiger partial charge is 0.379 e. The van der Waals surface area contributed by atoms with Crippen LogP contribution in [0.25, 0.3) is 0 Å². The Balaban J connectivity index is 2.67. The third kappa shape index (κ3) is 4.49. The number of benzene rings is 1. The summed E-state index contributed by atoms with van der Waals surface area (Å²) >= 11 is 0. The Labute approximate surface area is 107 Å². The van der Waals surface area contributed by atoms with Crippen molar-refractivity contribution in [1.29, 1.82) is 0 Å². The minimum atomic E-state index is -1.23. The van der Waals surface area contributed by atoms with E-state index in [1.165, 1.54) is 0 Å². The zero-order valence-electron chi connectivity index (χ0n) is 9.99. The Morgan fingerprint density at radius 2 is 2.05 bits per heavy atom. The van der Waals surface area contributed by atoms with Gasteiger partial charge in [-0.25, -0.2) is 4.39 Å². The number of halogens is 2. The Morgan fingerprint density at radius 1 is 1.37 bits per heavy atom. The summed E-state index contributed by atoms with van der Waals surface area (Å²) in [6.07, 6.45) is 1.19. The summed E-state index contributed by atoms with van der Waals surface area (Å²) in [7, 11) is 0. The first-order valence-electron chi connectivity index (χ1n) is 5.57. The highest BCUT2D eigenvalue weighted by molar-refractivity contribution is 5.73. The monoisotopic (exact) mass is 273 g/mol. The second-order valence-corrected chi connectivity index (χ2v) is 3.89. The summed E-state index contributed by atoms with van der Waals surface area (Å²) in [4.78, 5) is 20.2. The molecule has 0 aliphatic heterocycles. The topological polar surface area (TPSA) is 98.3 Å². The van der Waals surface area contributed by atoms with Gasteiger partial charge in [0.2, 0.25) is 11.7 Å². The van der Waals surface area contributed by atoms with Crippen LogP contribution < -0.4 is 11.1 Å². The van der Waals surface area contributed by atoms with Crippen molar-refractivity contribution in [3.8, 4) is 0 Å². The maximum atomic E-state index is 13.3. The third-order valence-corrected chi connectivity index (χ3v) is 2.38. The smallest absolute Gasteiger partial charge is 0.327 e. The lowest BCUT2D eigenvalue weighted by Crippen LogP contribution is -2.11. The molecule has 0 aromatic heterocycles. The molecule has 0 saturated heterocycles. The van der Waals surface area contributed by atoms with E-state index in [0.717, 1.165) is 6.07 Å². The van der Waals surface area contributed by atoms with Gasteiger partial charge in [-0.15, -0.1) is 0 Å². The summed E-state index contributed by atoms with van der Waals surface area (Å²) in [5.41, 5.74) is 3.93. The zero-order chi connectivity index (χ0) is 14.4. The summed E-state index contributed by atoms with van der Waals surface area (Å²) in [6, 6.07) is 1.31. The predicted molar refractivity (Wildman–Crippen MR) is 64.5 cm³/mol. The fraction of sp³-hybridized carbons (Fsp3) is 0.364. The van der Waals surface area contributed by atoms with Crippen LogP contribution in [-0.4, -0.2) is 17.4 Å². The van der Waals surface area contributed by atoms with Crippen molar-refractivity contribution in [2.75, 3.05) is 11.9 Å². The molecule has 0 spiro atoms. The number of rotatable bonds is 7. The molecule has 19 heavy (non-hydrogen) atoms. The summed E-state index contributed by atoms with van der Waals surface area (Å²) in [5.74, 6) is -2.57. The van der Waals surface area contributed by atoms with E-state index in [1.807, 2.05) is 0 Å². The molecule has 3 N–H and O–H groups in total. The third-order valence-electron chi connectivity index (χ3n) is 2.38. The van der Waals surface area contributed by atoms with Gasteiger partial charge in [0.15, 0.2) is 0 Å². The van der Waals surface area contributed by atoms with Gasteiger partial charge in [0.25, 0.3) is 0 Å². The van der Waals surface area contributed by atoms with E-state index in [9.17, 15) is 23.7 Å². The first-order chi connectivity index (χ1) is 8.91. The van der Waals surface area contributed by atoms with Crippen molar-refractivity contribution in [3.05, 3.63) is 33.9 Å². The highest BCUT2D eigenvalue weighted by Gasteiger charge is 2.21. The van der Waals surface area contributed by atoms with Crippen LogP contribution in [-0.2, 0) is 4.79 Å². The lowest BCUT2D eigenvalue weighted by Gasteiger charge is -2.07. The molecule has 0 fully saturated rings. The highest BCUT2D eigenvalue weighted by atomic mass is 19.1. The fourth-order valence-corrected chi connectivity index (χ4v) is 1.53. The van der Waals surface area contributed by atoms with Gasteiger partial charge in [0.05, 0.1) is 4.92 Å². The molecule has 1 amide bonds. The predicted octanol–water partition coefficient (Wildman–Crippen LogP) is 1.94. The number of hydrogen-bond acceptors (Lipinski definition) is 4. The first-order valence-corrected chi connectivity index (χ1v) is 5.57. The minimum Gasteiger partial charge on any atom is -0.379 e. The van der Waals surface area contributed by atoms with Gasteiger partial charge >= 0.3 is 5.69 Å². The number of nitrogens with zero attached hydrogens (tertiary/aromatic N) is 1. The van der Waals surface area contributed by atoms with Crippen LogP contribution in [0.5, 0.6) is 0 Å². The normalized spacial score (nSPS) is 10.2. The van der Waals surface area contributed by atoms with E-state index in [1.54, 1.807) is 0 Å². The van der Waals surface area contributed by atoms with E-state index in [-0.39, 0.29) is 18.7 Å². The average molecular weight is 273 g/mol. The lowest BCUT2D eigenvalue weighted by atomic mass is 10.2. The molecule has 6 nitrogen and oxygen atoms in total. The number of nitrogens with one attached hydrogen (secondary N) is 1. The van der Waals surface area contributed by atoms with Crippen LogP contribution in [0.1, 0.15) is 19.3 Å². The Hall–Kier alpha value is -2.25. The fourth-order valence-electron chi connectivity index (χ4n) is 1.53. The number of nitro benzene ring substituents is 1. The van der Waals surface area contributed by atoms with Crippen LogP contribution >= 0.6 is 0 Å². The summed E-state index contributed by atoms with van der Waals surface area (Å²) < 4.78 is 26.2. The van der Waals surface area contributed by atoms with E-state index in [4.69, 9.17) is 5.73 Å². The maximum Gasteiger partial charge on any atom is 0.327 e. The van der Waals surface area contributed by atoms with Gasteiger partial charge in [-0.3, -0.25) is 14.9 Å². The molecule has 0 bridgehead atoms. The van der Waals surface area contributed by atoms with Gasteiger partial charge in [-0.2, -0.15) is 4.39 Å². The SMILES string of the molecule is NC(=O)CCCCNc1cc(F)cc(F)c1[N+](=O)[O-]. The van der Waals surface area contributed by atoms with Gasteiger partial charge in [0, 0.05) is 25.1 Å². The number of amides is 1. The van der Waals surface area contributed by atoms with Crippen molar-refractivity contribution >= 4 is 17.3 Å². The van der Waals surface area contributed by atoms with E-state index in [0.29, 0.717) is 18.9 Å². The average Bonchev–Trinajstić information content (AvgIpc) is 2.26. The highest BCUT2D eigenvalue weighted by Crippen LogP contribution is 2.28. The van der Waals surface area contributed by atoms with Gasteiger partial charge < -0.3 is 11.1 Å². The molecule has 0 aliphatic carbocycles. The summed E-state index contributed by atoms with van der Waals surface area (Å²) in [6.45, 7) is 0.247. The molecule has 0 atom stereocenters. The molecule has 0 unspecified atom stereocenters. The van der Waals surface area contributed by atoms with Crippen molar-refractivity contribution in [2.45, 2.75) is 19.3 Å². The second kappa shape index (κ2) is 6.62. The van der Waals surface area contributed by atoms with Gasteiger partial charge in [-0.1, -0.05) is 0 Å². The molecule has 1 aromatic carbocycles. The second-order valence-electron chi connectivity index (χ2n) is 3.89. The van der Waals surface area contributed by atoms with Gasteiger partial charge in [-0.05, 0) is 12.8 Å². The molecule has 8 heteroatoms. The lowest BCUT2D eigenvalue weighted by molar-refractivity contribution is -0.386. The summed E-state index contributed by atoms with van der Waals surface area (Å²) in [5, 5.41) is 13.3. The molecule has 0 radical (unpaired) electrons. The Bertz CT molecular complexity index is 494. The molecule has 1 rings (SSSR count). The van der Waals surface area contributed by atoms with Crippen LogP contribution in [0.3, 0.4) is 0 Å². The number of nitro groups is 1. The van der Waals surface area contributed by atoms with Crippen molar-refractivity contribution in [2.24, 2.45) is 5.73 Å². The number of carbonyl (C=O) groups is 1. The Kier molecular flexibility index (Phi) is 5.16.